The molecule has 0 radical (unpaired) electrons. The first-order chi connectivity index (χ1) is 8.61. The average Bonchev–Trinajstić information content (AvgIpc) is 3.15. The summed E-state index contributed by atoms with van der Waals surface area (Å²) in [5.41, 5.74) is 1.78. The quantitative estimate of drug-likeness (QED) is 0.686. The van der Waals surface area contributed by atoms with Gasteiger partial charge in [0.05, 0.1) is 5.69 Å². The second-order valence-corrected chi connectivity index (χ2v) is 6.09. The minimum Gasteiger partial charge on any atom is -0.366 e. The number of anilines is 1. The van der Waals surface area contributed by atoms with Crippen LogP contribution in [0.1, 0.15) is 38.7 Å². The van der Waals surface area contributed by atoms with E-state index in [-0.39, 0.29) is 5.82 Å². The van der Waals surface area contributed by atoms with Crippen LogP contribution in [0.4, 0.5) is 10.1 Å². The van der Waals surface area contributed by atoms with Crippen LogP contribution < -0.4 is 4.90 Å². The van der Waals surface area contributed by atoms with Crippen molar-refractivity contribution < 1.29 is 4.39 Å². The highest BCUT2D eigenvalue weighted by Crippen LogP contribution is 2.34. The van der Waals surface area contributed by atoms with Crippen molar-refractivity contribution in [3.8, 4) is 0 Å². The van der Waals surface area contributed by atoms with Gasteiger partial charge in [-0.25, -0.2) is 4.39 Å². The fourth-order valence-corrected chi connectivity index (χ4v) is 2.50. The number of halogens is 2. The van der Waals surface area contributed by atoms with E-state index in [4.69, 9.17) is 0 Å². The maximum atomic E-state index is 14.1. The van der Waals surface area contributed by atoms with Crippen molar-refractivity contribution >= 4 is 21.6 Å². The Labute approximate surface area is 118 Å². The molecule has 0 aliphatic heterocycles. The van der Waals surface area contributed by atoms with E-state index in [0.717, 1.165) is 24.2 Å². The summed E-state index contributed by atoms with van der Waals surface area (Å²) in [7, 11) is 0. The Balaban J connectivity index is 2.14. The van der Waals surface area contributed by atoms with Crippen molar-refractivity contribution in [2.45, 2.75) is 44.5 Å². The minimum atomic E-state index is -0.0809. The maximum absolute atomic E-state index is 14.1. The van der Waals surface area contributed by atoms with Crippen LogP contribution in [0, 0.1) is 11.7 Å². The summed E-state index contributed by atoms with van der Waals surface area (Å²) in [6.07, 6.45) is 3.53. The maximum Gasteiger partial charge on any atom is 0.146 e. The molecule has 1 aromatic carbocycles. The lowest BCUT2D eigenvalue weighted by atomic mass is 10.1. The van der Waals surface area contributed by atoms with Crippen LogP contribution in [-0.4, -0.2) is 12.6 Å². The largest absolute Gasteiger partial charge is 0.366 e. The van der Waals surface area contributed by atoms with Gasteiger partial charge in [-0.3, -0.25) is 0 Å². The van der Waals surface area contributed by atoms with Gasteiger partial charge in [-0.05, 0) is 42.9 Å². The zero-order chi connectivity index (χ0) is 13.1. The fraction of sp³-hybridized carbons (Fsp3) is 0.600. The molecule has 1 saturated carbocycles. The Morgan fingerprint density at radius 2 is 2.11 bits per heavy atom. The highest BCUT2D eigenvalue weighted by atomic mass is 79.9. The van der Waals surface area contributed by atoms with Crippen LogP contribution in [0.15, 0.2) is 18.2 Å². The predicted octanol–water partition coefficient (Wildman–Crippen LogP) is 4.74. The third-order valence-corrected chi connectivity index (χ3v) is 4.06. The van der Waals surface area contributed by atoms with E-state index in [9.17, 15) is 4.39 Å². The number of benzene rings is 1. The van der Waals surface area contributed by atoms with Crippen LogP contribution in [0.2, 0.25) is 0 Å². The summed E-state index contributed by atoms with van der Waals surface area (Å²) in [6.45, 7) is 5.40. The molecule has 100 valence electrons. The topological polar surface area (TPSA) is 3.24 Å². The normalized spacial score (nSPS) is 15.2. The van der Waals surface area contributed by atoms with Crippen molar-refractivity contribution in [1.29, 1.82) is 0 Å². The highest BCUT2D eigenvalue weighted by molar-refractivity contribution is 9.08. The first kappa shape index (κ1) is 13.9. The third-order valence-electron chi connectivity index (χ3n) is 3.41. The predicted molar refractivity (Wildman–Crippen MR) is 78.9 cm³/mol. The zero-order valence-electron chi connectivity index (χ0n) is 11.1. The molecule has 0 atom stereocenters. The average molecular weight is 314 g/mol. The van der Waals surface area contributed by atoms with Crippen molar-refractivity contribution in [2.24, 2.45) is 5.92 Å². The van der Waals surface area contributed by atoms with E-state index in [1.807, 2.05) is 12.1 Å². The van der Waals surface area contributed by atoms with Crippen LogP contribution >= 0.6 is 15.9 Å². The van der Waals surface area contributed by atoms with Gasteiger partial charge < -0.3 is 4.90 Å². The van der Waals surface area contributed by atoms with E-state index < -0.39 is 0 Å². The molecule has 0 amide bonds. The highest BCUT2D eigenvalue weighted by Gasteiger charge is 2.30. The summed E-state index contributed by atoms with van der Waals surface area (Å²) in [4.78, 5) is 2.26. The van der Waals surface area contributed by atoms with E-state index in [2.05, 4.69) is 34.7 Å². The Bertz CT molecular complexity index is 401. The van der Waals surface area contributed by atoms with E-state index in [0.29, 0.717) is 17.3 Å². The van der Waals surface area contributed by atoms with Gasteiger partial charge in [0.15, 0.2) is 0 Å². The monoisotopic (exact) mass is 313 g/mol. The van der Waals surface area contributed by atoms with Crippen molar-refractivity contribution in [3.63, 3.8) is 0 Å². The van der Waals surface area contributed by atoms with Crippen molar-refractivity contribution in [3.05, 3.63) is 29.6 Å². The molecule has 2 rings (SSSR count). The summed E-state index contributed by atoms with van der Waals surface area (Å²) < 4.78 is 14.1. The Hall–Kier alpha value is -0.570. The number of alkyl halides is 1. The van der Waals surface area contributed by atoms with Crippen LogP contribution in [0.3, 0.4) is 0 Å². The second-order valence-electron chi connectivity index (χ2n) is 5.53. The Morgan fingerprint density at radius 3 is 2.61 bits per heavy atom. The van der Waals surface area contributed by atoms with Gasteiger partial charge in [0.1, 0.15) is 5.82 Å². The first-order valence-electron chi connectivity index (χ1n) is 6.73. The molecule has 0 aromatic heterocycles. The molecule has 0 unspecified atom stereocenters. The van der Waals surface area contributed by atoms with Gasteiger partial charge in [0.25, 0.3) is 0 Å². The van der Waals surface area contributed by atoms with Gasteiger partial charge in [0.2, 0.25) is 0 Å². The number of hydrogen-bond donors (Lipinski definition) is 0. The van der Waals surface area contributed by atoms with Crippen LogP contribution in [0.25, 0.3) is 0 Å². The SMILES string of the molecule is CC(C)CCN(c1ccc(CBr)cc1F)C1CC1. The van der Waals surface area contributed by atoms with Gasteiger partial charge in [0, 0.05) is 17.9 Å². The van der Waals surface area contributed by atoms with Crippen molar-refractivity contribution in [2.75, 3.05) is 11.4 Å². The zero-order valence-corrected chi connectivity index (χ0v) is 12.7. The molecule has 1 aliphatic rings. The number of hydrogen-bond acceptors (Lipinski definition) is 1. The fourth-order valence-electron chi connectivity index (χ4n) is 2.15. The Kier molecular flexibility index (Phi) is 4.66. The molecule has 0 N–H and O–H groups in total. The summed E-state index contributed by atoms with van der Waals surface area (Å²) in [5, 5.41) is 0.708. The molecular formula is C15H21BrFN. The van der Waals surface area contributed by atoms with Crippen LogP contribution in [0.5, 0.6) is 0 Å². The molecule has 1 aliphatic carbocycles. The van der Waals surface area contributed by atoms with Gasteiger partial charge in [-0.1, -0.05) is 35.8 Å². The molecule has 1 fully saturated rings. The van der Waals surface area contributed by atoms with Gasteiger partial charge >= 0.3 is 0 Å². The molecule has 1 nitrogen and oxygen atoms in total. The lowest BCUT2D eigenvalue weighted by molar-refractivity contribution is 0.558. The molecule has 3 heteroatoms. The summed E-state index contributed by atoms with van der Waals surface area (Å²) in [5.74, 6) is 0.582. The summed E-state index contributed by atoms with van der Waals surface area (Å²) >= 11 is 3.36. The molecule has 1 aromatic rings. The third kappa shape index (κ3) is 3.47. The first-order valence-corrected chi connectivity index (χ1v) is 7.85. The molecular weight excluding hydrogens is 293 g/mol. The molecule has 0 bridgehead atoms. The lowest BCUT2D eigenvalue weighted by Crippen LogP contribution is -2.28. The minimum absolute atomic E-state index is 0.0809. The van der Waals surface area contributed by atoms with Gasteiger partial charge in [-0.15, -0.1) is 0 Å². The van der Waals surface area contributed by atoms with Gasteiger partial charge in [-0.2, -0.15) is 0 Å². The molecule has 18 heavy (non-hydrogen) atoms. The van der Waals surface area contributed by atoms with Crippen LogP contribution in [-0.2, 0) is 5.33 Å². The molecule has 0 spiro atoms. The van der Waals surface area contributed by atoms with E-state index >= 15 is 0 Å². The van der Waals surface area contributed by atoms with E-state index in [1.165, 1.54) is 12.8 Å². The second kappa shape index (κ2) is 6.05. The number of nitrogens with zero attached hydrogens (tertiary/aromatic N) is 1. The van der Waals surface area contributed by atoms with E-state index in [1.54, 1.807) is 6.07 Å². The smallest absolute Gasteiger partial charge is 0.146 e. The standard InChI is InChI=1S/C15H21BrFN/c1-11(2)7-8-18(13-4-5-13)15-6-3-12(10-16)9-14(15)17/h3,6,9,11,13H,4-5,7-8,10H2,1-2H3. The summed E-state index contributed by atoms with van der Waals surface area (Å²) in [6, 6.07) is 6.16. The number of rotatable bonds is 6. The van der Waals surface area contributed by atoms with Crippen molar-refractivity contribution in [1.82, 2.24) is 0 Å². The lowest BCUT2D eigenvalue weighted by Gasteiger charge is -2.26. The molecule has 0 saturated heterocycles. The molecule has 0 heterocycles. The Morgan fingerprint density at radius 1 is 1.39 bits per heavy atom.